The van der Waals surface area contributed by atoms with E-state index in [2.05, 4.69) is 27.7 Å². The maximum atomic E-state index is 13.6. The number of amides is 1. The Kier molecular flexibility index (Phi) is 8.30. The van der Waals surface area contributed by atoms with Crippen LogP contribution in [0.4, 0.5) is 18.9 Å². The normalized spacial score (nSPS) is 18.3. The number of piperidine rings is 1. The average molecular weight is 592 g/mol. The molecule has 0 saturated carbocycles. The summed E-state index contributed by atoms with van der Waals surface area (Å²) in [5.74, 6) is 1.83. The maximum absolute atomic E-state index is 13.6. The van der Waals surface area contributed by atoms with Crippen LogP contribution in [0.3, 0.4) is 0 Å². The number of halogens is 3. The lowest BCUT2D eigenvalue weighted by Crippen LogP contribution is -2.52. The first-order chi connectivity index (χ1) is 20.8. The van der Waals surface area contributed by atoms with E-state index in [1.807, 2.05) is 40.1 Å². The number of carbonyl (C=O) groups is 1. The molecule has 0 N–H and O–H groups in total. The number of hydrogen-bond donors (Lipinski definition) is 0. The van der Waals surface area contributed by atoms with Crippen molar-refractivity contribution >= 4 is 22.6 Å². The summed E-state index contributed by atoms with van der Waals surface area (Å²) < 4.78 is 47.2. The third-order valence-corrected chi connectivity index (χ3v) is 8.58. The highest BCUT2D eigenvalue weighted by atomic mass is 19.4. The van der Waals surface area contributed by atoms with Gasteiger partial charge in [-0.15, -0.1) is 0 Å². The second kappa shape index (κ2) is 12.3. The topological polar surface area (TPSA) is 53.8 Å². The molecule has 0 bridgehead atoms. The minimum Gasteiger partial charge on any atom is -0.497 e. The zero-order valence-corrected chi connectivity index (χ0v) is 24.3. The van der Waals surface area contributed by atoms with E-state index < -0.39 is 11.7 Å². The molecule has 3 aromatic carbocycles. The van der Waals surface area contributed by atoms with Gasteiger partial charge in [0.15, 0.2) is 0 Å². The highest BCUT2D eigenvalue weighted by molar-refractivity contribution is 5.79. The second-order valence-corrected chi connectivity index (χ2v) is 11.4. The van der Waals surface area contributed by atoms with E-state index in [-0.39, 0.29) is 11.8 Å². The van der Waals surface area contributed by atoms with Gasteiger partial charge in [-0.05, 0) is 67.4 Å². The fraction of sp³-hybridized carbons (Fsp3) is 0.394. The number of aromatic nitrogens is 2. The SMILES string of the molecule is COc1ccc(Cn2c(CN3CCC[C@H](C(=O)N4CCN(c5cccc(C(F)(F)F)c5)CC4)C3)nc3ccccc32)cc1. The molecule has 0 unspecified atom stereocenters. The Bertz CT molecular complexity index is 1560. The minimum absolute atomic E-state index is 0.103. The molecule has 1 aromatic heterocycles. The molecule has 2 saturated heterocycles. The van der Waals surface area contributed by atoms with Crippen LogP contribution in [0.2, 0.25) is 0 Å². The first-order valence-corrected chi connectivity index (χ1v) is 14.8. The number of para-hydroxylation sites is 2. The summed E-state index contributed by atoms with van der Waals surface area (Å²) in [6.07, 6.45) is -2.61. The molecule has 1 amide bonds. The molecular formula is C33H36F3N5O2. The Morgan fingerprint density at radius 1 is 0.930 bits per heavy atom. The number of likely N-dealkylation sites (tertiary alicyclic amines) is 1. The lowest BCUT2D eigenvalue weighted by atomic mass is 9.96. The molecule has 0 aliphatic carbocycles. The van der Waals surface area contributed by atoms with Crippen molar-refractivity contribution in [3.63, 3.8) is 0 Å². The van der Waals surface area contributed by atoms with Crippen LogP contribution in [0.5, 0.6) is 5.75 Å². The highest BCUT2D eigenvalue weighted by Crippen LogP contribution is 2.32. The van der Waals surface area contributed by atoms with Crippen molar-refractivity contribution in [2.24, 2.45) is 5.92 Å². The van der Waals surface area contributed by atoms with E-state index in [4.69, 9.17) is 9.72 Å². The third-order valence-electron chi connectivity index (χ3n) is 8.58. The predicted molar refractivity (Wildman–Crippen MR) is 160 cm³/mol. The number of benzene rings is 3. The van der Waals surface area contributed by atoms with Crippen LogP contribution in [0.15, 0.2) is 72.8 Å². The first-order valence-electron chi connectivity index (χ1n) is 14.8. The second-order valence-electron chi connectivity index (χ2n) is 11.4. The van der Waals surface area contributed by atoms with Crippen molar-refractivity contribution in [2.75, 3.05) is 51.3 Å². The first kappa shape index (κ1) is 29.0. The Morgan fingerprint density at radius 2 is 1.70 bits per heavy atom. The summed E-state index contributed by atoms with van der Waals surface area (Å²) in [7, 11) is 1.66. The third kappa shape index (κ3) is 6.49. The molecule has 3 heterocycles. The van der Waals surface area contributed by atoms with Crippen LogP contribution in [0.1, 0.15) is 29.8 Å². The summed E-state index contributed by atoms with van der Waals surface area (Å²) in [6.45, 7) is 4.94. The Hall–Kier alpha value is -4.05. The van der Waals surface area contributed by atoms with Gasteiger partial charge in [0.2, 0.25) is 5.91 Å². The minimum atomic E-state index is -4.37. The van der Waals surface area contributed by atoms with Crippen molar-refractivity contribution < 1.29 is 22.7 Å². The van der Waals surface area contributed by atoms with Crippen LogP contribution in [0.25, 0.3) is 11.0 Å². The Balaban J connectivity index is 1.10. The van der Waals surface area contributed by atoms with E-state index in [1.54, 1.807) is 13.2 Å². The van der Waals surface area contributed by atoms with Gasteiger partial charge in [0.05, 0.1) is 36.2 Å². The van der Waals surface area contributed by atoms with Crippen molar-refractivity contribution in [3.05, 3.63) is 89.7 Å². The monoisotopic (exact) mass is 591 g/mol. The van der Waals surface area contributed by atoms with Gasteiger partial charge >= 0.3 is 6.18 Å². The van der Waals surface area contributed by atoms with Crippen molar-refractivity contribution in [3.8, 4) is 5.75 Å². The number of fused-ring (bicyclic) bond motifs is 1. The predicted octanol–water partition coefficient (Wildman–Crippen LogP) is 5.67. The summed E-state index contributed by atoms with van der Waals surface area (Å²) in [5.41, 5.74) is 3.08. The number of hydrogen-bond acceptors (Lipinski definition) is 5. The summed E-state index contributed by atoms with van der Waals surface area (Å²) in [6, 6.07) is 21.7. The smallest absolute Gasteiger partial charge is 0.416 e. The fourth-order valence-electron chi connectivity index (χ4n) is 6.26. The number of ether oxygens (including phenoxy) is 1. The van der Waals surface area contributed by atoms with Crippen molar-refractivity contribution in [1.29, 1.82) is 0 Å². The number of imidazole rings is 1. The number of methoxy groups -OCH3 is 1. The zero-order valence-electron chi connectivity index (χ0n) is 24.3. The molecule has 2 aliphatic rings. The number of rotatable bonds is 7. The molecule has 6 rings (SSSR count). The fourth-order valence-corrected chi connectivity index (χ4v) is 6.26. The average Bonchev–Trinajstić information content (AvgIpc) is 3.37. The number of carbonyl (C=O) groups excluding carboxylic acids is 1. The Morgan fingerprint density at radius 3 is 2.44 bits per heavy atom. The standard InChI is InChI=1S/C33H36F3N5O2/c1-43-28-13-11-24(12-14-28)21-41-30-10-3-2-9-29(30)37-31(41)23-38-15-5-6-25(22-38)32(42)40-18-16-39(17-19-40)27-8-4-7-26(20-27)33(34,35)36/h2-4,7-14,20,25H,5-6,15-19,21-23H2,1H3/t25-/m0/s1. The molecule has 0 radical (unpaired) electrons. The van der Waals surface area contributed by atoms with E-state index in [9.17, 15) is 18.0 Å². The van der Waals surface area contributed by atoms with E-state index >= 15 is 0 Å². The highest BCUT2D eigenvalue weighted by Gasteiger charge is 2.33. The summed E-state index contributed by atoms with van der Waals surface area (Å²) in [4.78, 5) is 24.7. The van der Waals surface area contributed by atoms with Crippen LogP contribution in [0, 0.1) is 5.92 Å². The van der Waals surface area contributed by atoms with Gasteiger partial charge in [-0.1, -0.05) is 30.3 Å². The lowest BCUT2D eigenvalue weighted by molar-refractivity contribution is -0.138. The van der Waals surface area contributed by atoms with Gasteiger partial charge in [0, 0.05) is 45.0 Å². The number of nitrogens with zero attached hydrogens (tertiary/aromatic N) is 5. The van der Waals surface area contributed by atoms with Gasteiger partial charge < -0.3 is 19.1 Å². The molecule has 4 aromatic rings. The summed E-state index contributed by atoms with van der Waals surface area (Å²) >= 11 is 0. The van der Waals surface area contributed by atoms with Gasteiger partial charge in [0.1, 0.15) is 11.6 Å². The molecule has 2 fully saturated rings. The zero-order chi connectivity index (χ0) is 30.0. The van der Waals surface area contributed by atoms with E-state index in [1.165, 1.54) is 12.1 Å². The van der Waals surface area contributed by atoms with Crippen molar-refractivity contribution in [1.82, 2.24) is 19.4 Å². The quantitative estimate of drug-likeness (QED) is 0.277. The number of alkyl halides is 3. The molecule has 1 atom stereocenters. The molecule has 226 valence electrons. The molecule has 43 heavy (non-hydrogen) atoms. The van der Waals surface area contributed by atoms with Crippen LogP contribution < -0.4 is 9.64 Å². The molecule has 2 aliphatic heterocycles. The van der Waals surface area contributed by atoms with Gasteiger partial charge in [-0.3, -0.25) is 9.69 Å². The number of piperazine rings is 1. The maximum Gasteiger partial charge on any atom is 0.416 e. The number of anilines is 1. The molecule has 7 nitrogen and oxygen atoms in total. The van der Waals surface area contributed by atoms with E-state index in [0.717, 1.165) is 53.6 Å². The largest absolute Gasteiger partial charge is 0.497 e. The van der Waals surface area contributed by atoms with E-state index in [0.29, 0.717) is 51.5 Å². The lowest BCUT2D eigenvalue weighted by Gasteiger charge is -2.39. The van der Waals surface area contributed by atoms with Crippen LogP contribution in [-0.4, -0.2) is 71.6 Å². The molecule has 0 spiro atoms. The van der Waals surface area contributed by atoms with Crippen molar-refractivity contribution in [2.45, 2.75) is 32.1 Å². The van der Waals surface area contributed by atoms with Gasteiger partial charge in [-0.2, -0.15) is 13.2 Å². The molecule has 10 heteroatoms. The van der Waals surface area contributed by atoms with Crippen LogP contribution >= 0.6 is 0 Å². The van der Waals surface area contributed by atoms with Crippen LogP contribution in [-0.2, 0) is 24.1 Å². The Labute approximate surface area is 249 Å². The molecular weight excluding hydrogens is 555 g/mol. The van der Waals surface area contributed by atoms with Gasteiger partial charge in [0.25, 0.3) is 0 Å². The van der Waals surface area contributed by atoms with Gasteiger partial charge in [-0.25, -0.2) is 4.98 Å². The summed E-state index contributed by atoms with van der Waals surface area (Å²) in [5, 5.41) is 0.